The van der Waals surface area contributed by atoms with E-state index in [0.29, 0.717) is 22.3 Å². The van der Waals surface area contributed by atoms with Gasteiger partial charge in [0.25, 0.3) is 0 Å². The van der Waals surface area contributed by atoms with Crippen LogP contribution in [0, 0.1) is 0 Å². The highest BCUT2D eigenvalue weighted by molar-refractivity contribution is 7.91. The molecule has 0 radical (unpaired) electrons. The van der Waals surface area contributed by atoms with Crippen LogP contribution in [0.5, 0.6) is 5.75 Å². The normalized spacial score (nSPS) is 12.7. The highest BCUT2D eigenvalue weighted by Gasteiger charge is 2.20. The Bertz CT molecular complexity index is 832. The van der Waals surface area contributed by atoms with Crippen molar-refractivity contribution in [2.75, 3.05) is 25.2 Å². The number of aromatic nitrogens is 2. The highest BCUT2D eigenvalue weighted by Crippen LogP contribution is 2.17. The number of rotatable bonds is 9. The number of carboxylic acids is 1. The second kappa shape index (κ2) is 10.6. The lowest BCUT2D eigenvalue weighted by molar-refractivity contribution is -0.137. The number of nitrogens with zero attached hydrogens (tertiary/aromatic N) is 3. The molecule has 1 amide bonds. The van der Waals surface area contributed by atoms with Gasteiger partial charge in [-0.1, -0.05) is 19.1 Å². The predicted molar refractivity (Wildman–Crippen MR) is 109 cm³/mol. The van der Waals surface area contributed by atoms with Crippen molar-refractivity contribution in [1.29, 1.82) is 0 Å². The maximum absolute atomic E-state index is 12.1. The number of carboxylic acid groups (broad SMARTS) is 1. The molecular weight excluding hydrogens is 396 g/mol. The molecule has 156 valence electrons. The number of hydrogen-bond acceptors (Lipinski definition) is 7. The summed E-state index contributed by atoms with van der Waals surface area (Å²) < 4.78 is 17.2. The fraction of sp³-hybridized carbons (Fsp3) is 0.368. The fourth-order valence-electron chi connectivity index (χ4n) is 2.33. The van der Waals surface area contributed by atoms with E-state index in [1.54, 1.807) is 38.4 Å². The molecule has 29 heavy (non-hydrogen) atoms. The van der Waals surface area contributed by atoms with Crippen molar-refractivity contribution in [1.82, 2.24) is 14.9 Å². The maximum Gasteiger partial charge on any atom is 0.414 e. The van der Waals surface area contributed by atoms with Crippen LogP contribution < -0.4 is 10.1 Å². The molecule has 1 aromatic carbocycles. The summed E-state index contributed by atoms with van der Waals surface area (Å²) in [5.41, 5.74) is 0.735. The Kier molecular flexibility index (Phi) is 8.22. The molecule has 2 rings (SSSR count). The van der Waals surface area contributed by atoms with Gasteiger partial charge in [-0.05, 0) is 24.1 Å². The van der Waals surface area contributed by atoms with Gasteiger partial charge < -0.3 is 24.6 Å². The van der Waals surface area contributed by atoms with E-state index >= 15 is 0 Å². The summed E-state index contributed by atoms with van der Waals surface area (Å²) in [6.07, 6.45) is 1.69. The van der Waals surface area contributed by atoms with E-state index in [9.17, 15) is 19.2 Å². The van der Waals surface area contributed by atoms with Gasteiger partial charge in [-0.2, -0.15) is 4.98 Å². The summed E-state index contributed by atoms with van der Waals surface area (Å²) in [6.45, 7) is 1.92. The SMILES string of the molecule is CCC[S+]([O-])c1cc(N[C@@H](Cc2ccc(OC(=O)N(C)C)cc2)C(=O)O)ncn1. The van der Waals surface area contributed by atoms with Gasteiger partial charge in [0, 0.05) is 31.7 Å². The number of benzene rings is 1. The molecule has 0 saturated heterocycles. The summed E-state index contributed by atoms with van der Waals surface area (Å²) in [4.78, 5) is 32.6. The molecule has 2 aromatic rings. The zero-order valence-electron chi connectivity index (χ0n) is 16.5. The van der Waals surface area contributed by atoms with Crippen molar-refractivity contribution in [2.24, 2.45) is 0 Å². The third-order valence-corrected chi connectivity index (χ3v) is 5.29. The van der Waals surface area contributed by atoms with Crippen molar-refractivity contribution >= 4 is 29.1 Å². The first kappa shape index (κ1) is 22.4. The summed E-state index contributed by atoms with van der Waals surface area (Å²) in [5, 5.41) is 12.8. The second-order valence-corrected chi connectivity index (χ2v) is 7.95. The largest absolute Gasteiger partial charge is 0.610 e. The predicted octanol–water partition coefficient (Wildman–Crippen LogP) is 2.16. The lowest BCUT2D eigenvalue weighted by Crippen LogP contribution is -2.32. The standard InChI is InChI=1S/C19H24N4O5S/c1-4-9-29(27)17-11-16(20-12-21-17)22-15(18(24)25)10-13-5-7-14(8-6-13)28-19(26)23(2)3/h5-8,11-12,15H,4,9-10H2,1-3H3,(H,24,25)(H,20,21,22)/t15-,29?/m0/s1. The van der Waals surface area contributed by atoms with Crippen molar-refractivity contribution in [3.8, 4) is 5.75 Å². The lowest BCUT2D eigenvalue weighted by Gasteiger charge is -2.16. The van der Waals surface area contributed by atoms with Crippen LogP contribution in [0.15, 0.2) is 41.7 Å². The molecule has 1 unspecified atom stereocenters. The fourth-order valence-corrected chi connectivity index (χ4v) is 3.32. The van der Waals surface area contributed by atoms with E-state index < -0.39 is 29.3 Å². The molecule has 10 heteroatoms. The average Bonchev–Trinajstić information content (AvgIpc) is 2.69. The van der Waals surface area contributed by atoms with Gasteiger partial charge >= 0.3 is 12.1 Å². The van der Waals surface area contributed by atoms with E-state index in [4.69, 9.17) is 4.74 Å². The molecule has 0 saturated carbocycles. The zero-order chi connectivity index (χ0) is 21.4. The van der Waals surface area contributed by atoms with Gasteiger partial charge in [-0.15, -0.1) is 0 Å². The average molecular weight is 420 g/mol. The monoisotopic (exact) mass is 420 g/mol. The molecular formula is C19H24N4O5S. The molecule has 0 aliphatic carbocycles. The van der Waals surface area contributed by atoms with Crippen LogP contribution in [0.2, 0.25) is 0 Å². The molecule has 1 heterocycles. The summed E-state index contributed by atoms with van der Waals surface area (Å²) in [5.74, 6) is 0.0845. The van der Waals surface area contributed by atoms with Crippen LogP contribution >= 0.6 is 0 Å². The first-order chi connectivity index (χ1) is 13.8. The molecule has 2 atom stereocenters. The molecule has 2 N–H and O–H groups in total. The first-order valence-electron chi connectivity index (χ1n) is 8.98. The van der Waals surface area contributed by atoms with E-state index in [2.05, 4.69) is 15.3 Å². The Balaban J connectivity index is 2.06. The van der Waals surface area contributed by atoms with E-state index in [-0.39, 0.29) is 6.42 Å². The van der Waals surface area contributed by atoms with Crippen molar-refractivity contribution in [2.45, 2.75) is 30.8 Å². The third-order valence-electron chi connectivity index (χ3n) is 3.82. The number of ether oxygens (including phenoxy) is 1. The van der Waals surface area contributed by atoms with Crippen LogP contribution in [0.4, 0.5) is 10.6 Å². The Morgan fingerprint density at radius 3 is 2.55 bits per heavy atom. The Morgan fingerprint density at radius 1 is 1.28 bits per heavy atom. The maximum atomic E-state index is 12.1. The quantitative estimate of drug-likeness (QED) is 0.467. The Labute approximate surface area is 172 Å². The van der Waals surface area contributed by atoms with Gasteiger partial charge in [0.2, 0.25) is 5.03 Å². The van der Waals surface area contributed by atoms with Gasteiger partial charge in [0.15, 0.2) is 0 Å². The number of hydrogen-bond donors (Lipinski definition) is 2. The van der Waals surface area contributed by atoms with E-state index in [0.717, 1.165) is 12.0 Å². The molecule has 0 bridgehead atoms. The lowest BCUT2D eigenvalue weighted by atomic mass is 10.1. The smallest absolute Gasteiger partial charge is 0.414 e. The Morgan fingerprint density at radius 2 is 1.97 bits per heavy atom. The van der Waals surface area contributed by atoms with Crippen molar-refractivity contribution in [3.05, 3.63) is 42.2 Å². The number of carbonyl (C=O) groups excluding carboxylic acids is 1. The number of aliphatic carboxylic acids is 1. The van der Waals surface area contributed by atoms with Crippen molar-refractivity contribution < 1.29 is 24.0 Å². The minimum atomic E-state index is -1.25. The highest BCUT2D eigenvalue weighted by atomic mass is 32.2. The number of nitrogens with one attached hydrogen (secondary N) is 1. The summed E-state index contributed by atoms with van der Waals surface area (Å²) in [6, 6.07) is 7.15. The number of anilines is 1. The summed E-state index contributed by atoms with van der Waals surface area (Å²) >= 11 is -1.25. The molecule has 9 nitrogen and oxygen atoms in total. The second-order valence-electron chi connectivity index (χ2n) is 6.44. The number of amides is 1. The minimum Gasteiger partial charge on any atom is -0.610 e. The molecule has 0 spiro atoms. The summed E-state index contributed by atoms with van der Waals surface area (Å²) in [7, 11) is 3.16. The van der Waals surface area contributed by atoms with Crippen molar-refractivity contribution in [3.63, 3.8) is 0 Å². The van der Waals surface area contributed by atoms with Crippen LogP contribution in [-0.4, -0.2) is 62.5 Å². The first-order valence-corrected chi connectivity index (χ1v) is 10.3. The van der Waals surface area contributed by atoms with E-state index in [1.807, 2.05) is 6.92 Å². The van der Waals surface area contributed by atoms with Crippen LogP contribution in [-0.2, 0) is 22.4 Å². The third kappa shape index (κ3) is 6.91. The number of carbonyl (C=O) groups is 2. The van der Waals surface area contributed by atoms with Crippen LogP contribution in [0.3, 0.4) is 0 Å². The van der Waals surface area contributed by atoms with E-state index in [1.165, 1.54) is 17.3 Å². The van der Waals surface area contributed by atoms with Gasteiger partial charge in [0.05, 0.1) is 6.07 Å². The minimum absolute atomic E-state index is 0.175. The zero-order valence-corrected chi connectivity index (χ0v) is 17.3. The van der Waals surface area contributed by atoms with Gasteiger partial charge in [0.1, 0.15) is 29.7 Å². The molecule has 1 aromatic heterocycles. The van der Waals surface area contributed by atoms with Gasteiger partial charge in [-0.3, -0.25) is 0 Å². The van der Waals surface area contributed by atoms with Crippen LogP contribution in [0.1, 0.15) is 18.9 Å². The molecule has 0 aliphatic rings. The molecule has 0 aliphatic heterocycles. The van der Waals surface area contributed by atoms with Crippen LogP contribution in [0.25, 0.3) is 0 Å². The topological polar surface area (TPSA) is 128 Å². The Hall–Kier alpha value is -2.85. The molecule has 0 fully saturated rings. The van der Waals surface area contributed by atoms with Gasteiger partial charge in [-0.25, -0.2) is 14.6 Å².